The van der Waals surface area contributed by atoms with Crippen LogP contribution in [0.25, 0.3) is 10.9 Å². The van der Waals surface area contributed by atoms with Gasteiger partial charge in [0, 0.05) is 56.9 Å². The minimum Gasteiger partial charge on any atom is -0.385 e. The van der Waals surface area contributed by atoms with Gasteiger partial charge < -0.3 is 19.5 Å². The van der Waals surface area contributed by atoms with E-state index >= 15 is 0 Å². The van der Waals surface area contributed by atoms with Crippen LogP contribution in [0, 0.1) is 0 Å². The molecule has 1 heterocycles. The number of hydrogen-bond acceptors (Lipinski definition) is 3. The molecule has 0 unspecified atom stereocenters. The molecule has 0 bridgehead atoms. The summed E-state index contributed by atoms with van der Waals surface area (Å²) >= 11 is 0. The van der Waals surface area contributed by atoms with Crippen LogP contribution < -0.4 is 0 Å². The van der Waals surface area contributed by atoms with Gasteiger partial charge in [-0.3, -0.25) is 9.59 Å². The predicted molar refractivity (Wildman–Crippen MR) is 150 cm³/mol. The van der Waals surface area contributed by atoms with Crippen LogP contribution in [-0.4, -0.2) is 59.9 Å². The second-order valence-corrected chi connectivity index (χ2v) is 9.74. The summed E-state index contributed by atoms with van der Waals surface area (Å²) in [4.78, 5) is 33.7. The third kappa shape index (κ3) is 9.36. The van der Waals surface area contributed by atoms with Gasteiger partial charge in [0.05, 0.1) is 6.54 Å². The number of methoxy groups -OCH3 is 1. The number of aromatic amines is 1. The third-order valence-electron chi connectivity index (χ3n) is 6.84. The Morgan fingerprint density at radius 1 is 0.838 bits per heavy atom. The molecule has 3 aromatic rings. The van der Waals surface area contributed by atoms with Crippen molar-refractivity contribution in [3.05, 3.63) is 71.9 Å². The SMILES string of the molecule is CCCCCCCC(=O)N(CCCOC)CC(=O)N(CCc1c[nH]c2ccccc12)Cc1ccccc1. The molecule has 1 N–H and O–H groups in total. The third-order valence-corrected chi connectivity index (χ3v) is 6.84. The summed E-state index contributed by atoms with van der Waals surface area (Å²) < 4.78 is 5.21. The summed E-state index contributed by atoms with van der Waals surface area (Å²) in [5.41, 5.74) is 3.39. The number of unbranched alkanes of at least 4 members (excludes halogenated alkanes) is 4. The molecule has 0 aliphatic rings. The second-order valence-electron chi connectivity index (χ2n) is 9.74. The van der Waals surface area contributed by atoms with Crippen molar-refractivity contribution in [2.24, 2.45) is 0 Å². The largest absolute Gasteiger partial charge is 0.385 e. The highest BCUT2D eigenvalue weighted by molar-refractivity contribution is 5.85. The van der Waals surface area contributed by atoms with Gasteiger partial charge in [0.15, 0.2) is 0 Å². The van der Waals surface area contributed by atoms with Gasteiger partial charge in [0.2, 0.25) is 11.8 Å². The molecule has 3 rings (SSSR count). The fourth-order valence-corrected chi connectivity index (χ4v) is 4.68. The maximum absolute atomic E-state index is 13.6. The molecule has 0 saturated carbocycles. The van der Waals surface area contributed by atoms with Crippen molar-refractivity contribution in [3.8, 4) is 0 Å². The van der Waals surface area contributed by atoms with Crippen LogP contribution in [0.15, 0.2) is 60.8 Å². The van der Waals surface area contributed by atoms with Crippen molar-refractivity contribution < 1.29 is 14.3 Å². The number of carbonyl (C=O) groups is 2. The molecule has 2 amide bonds. The average Bonchev–Trinajstić information content (AvgIpc) is 3.34. The first-order valence-electron chi connectivity index (χ1n) is 13.8. The van der Waals surface area contributed by atoms with Crippen LogP contribution in [0.1, 0.15) is 63.0 Å². The molecule has 2 aromatic carbocycles. The Morgan fingerprint density at radius 2 is 1.59 bits per heavy atom. The molecule has 6 nitrogen and oxygen atoms in total. The number of amides is 2. The number of rotatable bonds is 17. The van der Waals surface area contributed by atoms with E-state index in [1.165, 1.54) is 23.8 Å². The smallest absolute Gasteiger partial charge is 0.242 e. The molecule has 0 radical (unpaired) electrons. The van der Waals surface area contributed by atoms with Crippen molar-refractivity contribution in [1.82, 2.24) is 14.8 Å². The molecule has 37 heavy (non-hydrogen) atoms. The minimum atomic E-state index is -0.0135. The van der Waals surface area contributed by atoms with Gasteiger partial charge >= 0.3 is 0 Å². The van der Waals surface area contributed by atoms with Crippen molar-refractivity contribution >= 4 is 22.7 Å². The summed E-state index contributed by atoms with van der Waals surface area (Å²) in [6.07, 6.45) is 9.48. The zero-order chi connectivity index (χ0) is 26.3. The number of benzene rings is 2. The number of hydrogen-bond donors (Lipinski definition) is 1. The highest BCUT2D eigenvalue weighted by Gasteiger charge is 2.21. The van der Waals surface area contributed by atoms with Gasteiger partial charge in [0.25, 0.3) is 0 Å². The van der Waals surface area contributed by atoms with E-state index in [2.05, 4.69) is 24.0 Å². The first-order chi connectivity index (χ1) is 18.1. The normalized spacial score (nSPS) is 11.1. The first-order valence-corrected chi connectivity index (χ1v) is 13.8. The Hall–Kier alpha value is -3.12. The number of ether oxygens (including phenoxy) is 1. The van der Waals surface area contributed by atoms with E-state index in [4.69, 9.17) is 4.74 Å². The van der Waals surface area contributed by atoms with Crippen LogP contribution in [0.3, 0.4) is 0 Å². The van der Waals surface area contributed by atoms with Crippen molar-refractivity contribution in [2.45, 2.75) is 64.8 Å². The molecule has 0 saturated heterocycles. The highest BCUT2D eigenvalue weighted by Crippen LogP contribution is 2.19. The lowest BCUT2D eigenvalue weighted by molar-refractivity contribution is -0.141. The summed E-state index contributed by atoms with van der Waals surface area (Å²) in [6.45, 7) is 4.52. The number of nitrogens with zero attached hydrogens (tertiary/aromatic N) is 2. The van der Waals surface area contributed by atoms with Gasteiger partial charge in [0.1, 0.15) is 0 Å². The number of H-pyrrole nitrogens is 1. The van der Waals surface area contributed by atoms with Gasteiger partial charge in [-0.05, 0) is 36.5 Å². The zero-order valence-electron chi connectivity index (χ0n) is 22.6. The van der Waals surface area contributed by atoms with Crippen LogP contribution in [0.4, 0.5) is 0 Å². The quantitative estimate of drug-likeness (QED) is 0.230. The topological polar surface area (TPSA) is 65.6 Å². The predicted octanol–water partition coefficient (Wildman–Crippen LogP) is 5.96. The van der Waals surface area contributed by atoms with E-state index in [0.29, 0.717) is 32.7 Å². The molecular formula is C31H43N3O3. The summed E-state index contributed by atoms with van der Waals surface area (Å²) in [5, 5.41) is 1.19. The van der Waals surface area contributed by atoms with E-state index in [-0.39, 0.29) is 18.4 Å². The Morgan fingerprint density at radius 3 is 2.38 bits per heavy atom. The lowest BCUT2D eigenvalue weighted by atomic mass is 10.1. The maximum Gasteiger partial charge on any atom is 0.242 e. The summed E-state index contributed by atoms with van der Waals surface area (Å²) in [7, 11) is 1.66. The van der Waals surface area contributed by atoms with Crippen molar-refractivity contribution in [3.63, 3.8) is 0 Å². The Balaban J connectivity index is 1.68. The molecular weight excluding hydrogens is 462 g/mol. The van der Waals surface area contributed by atoms with E-state index < -0.39 is 0 Å². The summed E-state index contributed by atoms with van der Waals surface area (Å²) in [6, 6.07) is 18.3. The maximum atomic E-state index is 13.6. The van der Waals surface area contributed by atoms with Crippen LogP contribution in [-0.2, 0) is 27.3 Å². The van der Waals surface area contributed by atoms with Crippen LogP contribution in [0.5, 0.6) is 0 Å². The zero-order valence-corrected chi connectivity index (χ0v) is 22.6. The number of carbonyl (C=O) groups excluding carboxylic acids is 2. The molecule has 200 valence electrons. The molecule has 0 spiro atoms. The Bertz CT molecular complexity index is 1080. The van der Waals surface area contributed by atoms with Gasteiger partial charge in [-0.1, -0.05) is 81.1 Å². The van der Waals surface area contributed by atoms with E-state index in [1.54, 1.807) is 12.0 Å². The standard InChI is InChI=1S/C31H43N3O3/c1-3-4-5-6-10-18-30(35)33(20-13-22-37-2)25-31(36)34(24-26-14-8-7-9-15-26)21-19-27-23-32-29-17-12-11-16-28(27)29/h7-9,11-12,14-17,23,32H,3-6,10,13,18-22,24-25H2,1-2H3. The van der Waals surface area contributed by atoms with Crippen LogP contribution >= 0.6 is 0 Å². The number of para-hydroxylation sites is 1. The molecule has 0 fully saturated rings. The Labute approximate surface area is 222 Å². The molecule has 0 aliphatic heterocycles. The second kappa shape index (κ2) is 15.9. The average molecular weight is 506 g/mol. The fraction of sp³-hybridized carbons (Fsp3) is 0.484. The van der Waals surface area contributed by atoms with E-state index in [1.807, 2.05) is 53.6 Å². The Kier molecular flexibility index (Phi) is 12.2. The van der Waals surface area contributed by atoms with Crippen molar-refractivity contribution in [1.29, 1.82) is 0 Å². The monoisotopic (exact) mass is 505 g/mol. The van der Waals surface area contributed by atoms with Gasteiger partial charge in [-0.15, -0.1) is 0 Å². The molecule has 0 atom stereocenters. The number of nitrogens with one attached hydrogen (secondary N) is 1. The first kappa shape index (κ1) is 28.5. The molecule has 6 heteroatoms. The van der Waals surface area contributed by atoms with E-state index in [9.17, 15) is 9.59 Å². The molecule has 0 aliphatic carbocycles. The highest BCUT2D eigenvalue weighted by atomic mass is 16.5. The van der Waals surface area contributed by atoms with Gasteiger partial charge in [-0.2, -0.15) is 0 Å². The molecule has 1 aromatic heterocycles. The summed E-state index contributed by atoms with van der Waals surface area (Å²) in [5.74, 6) is 0.0534. The lowest BCUT2D eigenvalue weighted by Gasteiger charge is -2.28. The van der Waals surface area contributed by atoms with E-state index in [0.717, 1.165) is 43.2 Å². The van der Waals surface area contributed by atoms with Crippen molar-refractivity contribution in [2.75, 3.05) is 33.4 Å². The lowest BCUT2D eigenvalue weighted by Crippen LogP contribution is -2.44. The number of aromatic nitrogens is 1. The number of fused-ring (bicyclic) bond motifs is 1. The minimum absolute atomic E-state index is 0.0135. The van der Waals surface area contributed by atoms with Gasteiger partial charge in [-0.25, -0.2) is 0 Å². The van der Waals surface area contributed by atoms with Crippen LogP contribution in [0.2, 0.25) is 0 Å². The fourth-order valence-electron chi connectivity index (χ4n) is 4.68.